The average molecular weight is 392 g/mol. The number of ketones is 1. The van der Waals surface area contributed by atoms with Gasteiger partial charge in [-0.3, -0.25) is 9.59 Å². The summed E-state index contributed by atoms with van der Waals surface area (Å²) in [6.45, 7) is 7.36. The van der Waals surface area contributed by atoms with Crippen molar-refractivity contribution in [3.05, 3.63) is 53.3 Å². The molecule has 0 amide bonds. The summed E-state index contributed by atoms with van der Waals surface area (Å²) in [6.07, 6.45) is 5.66. The number of hydrogen-bond acceptors (Lipinski definition) is 5. The van der Waals surface area contributed by atoms with Crippen LogP contribution in [0.15, 0.2) is 46.4 Å². The zero-order valence-corrected chi connectivity index (χ0v) is 17.2. The molecule has 0 saturated heterocycles. The third-order valence-electron chi connectivity index (χ3n) is 4.76. The number of furan rings is 1. The van der Waals surface area contributed by atoms with Crippen LogP contribution in [-0.4, -0.2) is 30.3 Å². The second-order valence-electron chi connectivity index (χ2n) is 8.41. The summed E-state index contributed by atoms with van der Waals surface area (Å²) in [7, 11) is 5.99. The van der Waals surface area contributed by atoms with Crippen LogP contribution in [0.4, 0.5) is 0 Å². The van der Waals surface area contributed by atoms with Gasteiger partial charge >= 0.3 is 5.97 Å². The second-order valence-corrected chi connectivity index (χ2v) is 8.41. The number of carbonyl (C=O) groups excluding carboxylic acids is 2. The fraction of sp³-hybridized carbons (Fsp3) is 0.391. The molecule has 29 heavy (non-hydrogen) atoms. The Kier molecular flexibility index (Phi) is 5.74. The Hall–Kier alpha value is -2.76. The molecule has 0 fully saturated rings. The Morgan fingerprint density at radius 3 is 2.66 bits per heavy atom. The standard InChI is InChI=1S/C23H25BO5/c1-13-11-14(5-7-17(13)24)22(27)21-16-12-15(25)6-8-18(16)28-19(21)9-10-20(26)29-23(2,3)4/h5-8,11-13,17,25H,9-10H2,1-4H3. The fourth-order valence-electron chi connectivity index (χ4n) is 3.31. The van der Waals surface area contributed by atoms with E-state index in [1.807, 2.05) is 13.0 Å². The molecular weight excluding hydrogens is 367 g/mol. The molecule has 0 aliphatic heterocycles. The minimum Gasteiger partial charge on any atom is -0.508 e. The number of esters is 1. The number of hydrogen-bond donors (Lipinski definition) is 1. The van der Waals surface area contributed by atoms with Crippen LogP contribution >= 0.6 is 0 Å². The maximum atomic E-state index is 13.3. The van der Waals surface area contributed by atoms with Crippen molar-refractivity contribution in [1.82, 2.24) is 0 Å². The predicted octanol–water partition coefficient (Wildman–Crippen LogP) is 4.68. The van der Waals surface area contributed by atoms with E-state index in [-0.39, 0.29) is 42.1 Å². The van der Waals surface area contributed by atoms with Crippen LogP contribution in [0.25, 0.3) is 11.0 Å². The van der Waals surface area contributed by atoms with E-state index in [4.69, 9.17) is 17.0 Å². The minimum atomic E-state index is -0.581. The second kappa shape index (κ2) is 7.93. The van der Waals surface area contributed by atoms with Crippen LogP contribution in [0.2, 0.25) is 5.82 Å². The number of benzene rings is 1. The highest BCUT2D eigenvalue weighted by Gasteiger charge is 2.26. The van der Waals surface area contributed by atoms with Gasteiger partial charge in [0.05, 0.1) is 19.8 Å². The average Bonchev–Trinajstić information content (AvgIpc) is 2.97. The lowest BCUT2D eigenvalue weighted by Gasteiger charge is -2.19. The van der Waals surface area contributed by atoms with E-state index >= 15 is 0 Å². The predicted molar refractivity (Wildman–Crippen MR) is 112 cm³/mol. The zero-order chi connectivity index (χ0) is 21.3. The van der Waals surface area contributed by atoms with Gasteiger partial charge in [0.1, 0.15) is 22.7 Å². The van der Waals surface area contributed by atoms with Crippen molar-refractivity contribution in [3.8, 4) is 5.75 Å². The first-order chi connectivity index (χ1) is 13.5. The van der Waals surface area contributed by atoms with Crippen LogP contribution in [-0.2, 0) is 16.0 Å². The third-order valence-corrected chi connectivity index (χ3v) is 4.76. The summed E-state index contributed by atoms with van der Waals surface area (Å²) in [5.41, 5.74) is 0.777. The molecule has 2 aromatic rings. The molecule has 1 aliphatic rings. The number of allylic oxidation sites excluding steroid dienone is 4. The highest BCUT2D eigenvalue weighted by Crippen LogP contribution is 2.34. The number of ether oxygens (including phenoxy) is 1. The lowest BCUT2D eigenvalue weighted by atomic mass is 9.73. The molecule has 1 heterocycles. The Bertz CT molecular complexity index is 1010. The van der Waals surface area contributed by atoms with Gasteiger partial charge in [-0.15, -0.1) is 0 Å². The molecule has 0 saturated carbocycles. The van der Waals surface area contributed by atoms with Gasteiger partial charge in [0.25, 0.3) is 0 Å². The van der Waals surface area contributed by atoms with Gasteiger partial charge in [0, 0.05) is 17.4 Å². The number of aryl methyl sites for hydroxylation is 1. The highest BCUT2D eigenvalue weighted by atomic mass is 16.6. The van der Waals surface area contributed by atoms with Crippen LogP contribution < -0.4 is 0 Å². The third kappa shape index (κ3) is 4.81. The number of phenolic OH excluding ortho intramolecular Hbond substituents is 1. The quantitative estimate of drug-likeness (QED) is 0.454. The maximum Gasteiger partial charge on any atom is 0.306 e. The topological polar surface area (TPSA) is 76.7 Å². The molecule has 2 atom stereocenters. The molecule has 3 rings (SSSR count). The Labute approximate surface area is 171 Å². The summed E-state index contributed by atoms with van der Waals surface area (Å²) in [6, 6.07) is 4.62. The van der Waals surface area contributed by atoms with Crippen molar-refractivity contribution >= 4 is 30.6 Å². The number of rotatable bonds is 5. The largest absolute Gasteiger partial charge is 0.508 e. The van der Waals surface area contributed by atoms with Gasteiger partial charge in [-0.1, -0.05) is 31.0 Å². The summed E-state index contributed by atoms with van der Waals surface area (Å²) in [5.74, 6) is -0.258. The minimum absolute atomic E-state index is 0.0238. The Morgan fingerprint density at radius 2 is 2.00 bits per heavy atom. The molecule has 1 aromatic carbocycles. The molecule has 0 spiro atoms. The lowest BCUT2D eigenvalue weighted by molar-refractivity contribution is -0.154. The molecule has 1 N–H and O–H groups in total. The molecule has 150 valence electrons. The van der Waals surface area contributed by atoms with Crippen LogP contribution in [0.5, 0.6) is 5.75 Å². The molecule has 0 bridgehead atoms. The monoisotopic (exact) mass is 392 g/mol. The van der Waals surface area contributed by atoms with E-state index in [0.29, 0.717) is 27.9 Å². The van der Waals surface area contributed by atoms with Crippen LogP contribution in [0, 0.1) is 5.92 Å². The molecule has 6 heteroatoms. The molecule has 1 aliphatic carbocycles. The highest BCUT2D eigenvalue weighted by molar-refractivity contribution is 6.19. The van der Waals surface area contributed by atoms with Crippen molar-refractivity contribution in [3.63, 3.8) is 0 Å². The van der Waals surface area contributed by atoms with E-state index < -0.39 is 5.60 Å². The van der Waals surface area contributed by atoms with E-state index in [0.717, 1.165) is 0 Å². The SMILES string of the molecule is [B]C1C=CC(C(=O)c2c(CCC(=O)OC(C)(C)C)oc3ccc(O)cc23)=CC1C. The van der Waals surface area contributed by atoms with Crippen molar-refractivity contribution < 1.29 is 23.8 Å². The van der Waals surface area contributed by atoms with E-state index in [1.54, 1.807) is 39.0 Å². The summed E-state index contributed by atoms with van der Waals surface area (Å²) in [5, 5.41) is 10.4. The van der Waals surface area contributed by atoms with Gasteiger partial charge in [0.15, 0.2) is 5.78 Å². The molecule has 5 nitrogen and oxygen atoms in total. The van der Waals surface area contributed by atoms with Gasteiger partial charge in [0.2, 0.25) is 0 Å². The molecular formula is C23H25BO5. The summed E-state index contributed by atoms with van der Waals surface area (Å²) < 4.78 is 11.2. The first-order valence-corrected chi connectivity index (χ1v) is 9.71. The van der Waals surface area contributed by atoms with Crippen molar-refractivity contribution in [2.45, 2.75) is 52.0 Å². The summed E-state index contributed by atoms with van der Waals surface area (Å²) in [4.78, 5) is 25.5. The van der Waals surface area contributed by atoms with Crippen molar-refractivity contribution in [1.29, 1.82) is 0 Å². The van der Waals surface area contributed by atoms with Gasteiger partial charge in [-0.05, 0) is 44.9 Å². The van der Waals surface area contributed by atoms with E-state index in [2.05, 4.69) is 0 Å². The molecule has 2 radical (unpaired) electrons. The lowest BCUT2D eigenvalue weighted by Crippen LogP contribution is -2.24. The van der Waals surface area contributed by atoms with Crippen molar-refractivity contribution in [2.24, 2.45) is 5.92 Å². The number of Topliss-reactive ketones (excluding diaryl/α,β-unsaturated/α-hetero) is 1. The number of phenols is 1. The number of carbonyl (C=O) groups is 2. The summed E-state index contributed by atoms with van der Waals surface area (Å²) >= 11 is 0. The van der Waals surface area contributed by atoms with Crippen LogP contribution in [0.1, 0.15) is 50.2 Å². The maximum absolute atomic E-state index is 13.3. The Balaban J connectivity index is 1.96. The van der Waals surface area contributed by atoms with E-state index in [9.17, 15) is 14.7 Å². The van der Waals surface area contributed by atoms with Crippen molar-refractivity contribution in [2.75, 3.05) is 0 Å². The first kappa shape index (κ1) is 21.0. The van der Waals surface area contributed by atoms with Gasteiger partial charge < -0.3 is 14.3 Å². The number of fused-ring (bicyclic) bond motifs is 1. The molecule has 2 unspecified atom stereocenters. The number of aromatic hydroxyl groups is 1. The van der Waals surface area contributed by atoms with Gasteiger partial charge in [-0.25, -0.2) is 0 Å². The van der Waals surface area contributed by atoms with Crippen LogP contribution in [0.3, 0.4) is 0 Å². The fourth-order valence-corrected chi connectivity index (χ4v) is 3.31. The zero-order valence-electron chi connectivity index (χ0n) is 17.2. The van der Waals surface area contributed by atoms with Gasteiger partial charge in [-0.2, -0.15) is 0 Å². The van der Waals surface area contributed by atoms with E-state index in [1.165, 1.54) is 12.1 Å². The smallest absolute Gasteiger partial charge is 0.306 e. The first-order valence-electron chi connectivity index (χ1n) is 9.71. The normalized spacial score (nSPS) is 19.2. The Morgan fingerprint density at radius 1 is 1.28 bits per heavy atom. The molecule has 1 aromatic heterocycles.